The van der Waals surface area contributed by atoms with E-state index in [1.807, 2.05) is 24.3 Å². The Morgan fingerprint density at radius 2 is 1.19 bits per heavy atom. The van der Waals surface area contributed by atoms with Crippen molar-refractivity contribution < 1.29 is 61.6 Å². The summed E-state index contributed by atoms with van der Waals surface area (Å²) >= 11 is 1.18. The summed E-state index contributed by atoms with van der Waals surface area (Å²) in [7, 11) is 0.942. The number of hydrogen-bond donors (Lipinski definition) is 1. The number of nitrogens with zero attached hydrogens (tertiary/aromatic N) is 3. The summed E-state index contributed by atoms with van der Waals surface area (Å²) in [5.41, 5.74) is 4.31. The first-order valence-corrected chi connectivity index (χ1v) is 24.4. The van der Waals surface area contributed by atoms with Gasteiger partial charge in [0.2, 0.25) is 0 Å². The van der Waals surface area contributed by atoms with E-state index in [0.29, 0.717) is 35.1 Å². The average Bonchev–Trinajstić information content (AvgIpc) is 3.94. The Balaban J connectivity index is 0.000000134. The number of hydrogen-bond acceptors (Lipinski definition) is 16. The highest BCUT2D eigenvalue weighted by Gasteiger charge is 2.66. The van der Waals surface area contributed by atoms with Gasteiger partial charge in [0.25, 0.3) is 5.19 Å². The Bertz CT molecular complexity index is 2360. The summed E-state index contributed by atoms with van der Waals surface area (Å²) in [6, 6.07) is 8.55. The highest BCUT2D eigenvalue weighted by Crippen LogP contribution is 2.64. The quantitative estimate of drug-likeness (QED) is 0.145. The van der Waals surface area contributed by atoms with Crippen molar-refractivity contribution in [1.29, 1.82) is 0 Å². The van der Waals surface area contributed by atoms with Gasteiger partial charge in [0.15, 0.2) is 35.2 Å². The molecule has 0 radical (unpaired) electrons. The second-order valence-corrected chi connectivity index (χ2v) is 20.5. The molecule has 1 N–H and O–H groups in total. The number of likely N-dealkylation sites (N-methyl/N-ethyl adjacent to an activating group) is 2. The lowest BCUT2D eigenvalue weighted by Gasteiger charge is -2.56. The number of piperidine rings is 2. The van der Waals surface area contributed by atoms with Crippen molar-refractivity contribution in [2.24, 2.45) is 11.8 Å². The molecule has 4 aliphatic heterocycles. The normalized spacial score (nSPS) is 32.2. The number of thiazole rings is 1. The number of rotatable bonds is 6. The van der Waals surface area contributed by atoms with Gasteiger partial charge in [-0.25, -0.2) is 9.55 Å². The van der Waals surface area contributed by atoms with Crippen LogP contribution < -0.4 is 23.5 Å². The molecule has 2 aromatic carbocycles. The van der Waals surface area contributed by atoms with Gasteiger partial charge in [-0.15, -0.1) is 0 Å². The van der Waals surface area contributed by atoms with Gasteiger partial charge in [-0.3, -0.25) is 19.2 Å². The van der Waals surface area contributed by atoms with Crippen LogP contribution in [0.5, 0.6) is 28.2 Å². The molecule has 5 heterocycles. The number of likely N-dealkylation sites (tertiary alicyclic amines) is 2. The van der Waals surface area contributed by atoms with Gasteiger partial charge in [-0.1, -0.05) is 35.6 Å². The van der Waals surface area contributed by atoms with Crippen molar-refractivity contribution in [3.8, 4) is 28.2 Å². The molecule has 8 aliphatic rings. The molecular weight excluding hydrogens is 866 g/mol. The van der Waals surface area contributed by atoms with Crippen molar-refractivity contribution in [2.75, 3.05) is 33.8 Å². The third kappa shape index (κ3) is 7.42. The Hall–Kier alpha value is -5.06. The Morgan fingerprint density at radius 1 is 0.734 bits per heavy atom. The Morgan fingerprint density at radius 3 is 1.56 bits per heavy atom. The molecule has 4 aliphatic carbocycles. The number of esters is 4. The standard InChI is InChI=1S/2C21H23NO5.C4H6NO3PS/c2*1-11(23)25-16-6-4-13-10-15-14-5-7-17(26-12(2)24)20-21(14,8-9-22(15)3)18(13)19(16)27-20;1-9(6,7)8-4-5-2-3-10-4/h2*4-7,14-15,17,20H,8-10H2,1-3H3;2-3H,1H3,(H,6,7)/t2*14-,15+,17-,20-,21-;/m00./s1. The lowest BCUT2D eigenvalue weighted by atomic mass is 9.53. The summed E-state index contributed by atoms with van der Waals surface area (Å²) < 4.78 is 50.1. The molecule has 4 bridgehead atoms. The summed E-state index contributed by atoms with van der Waals surface area (Å²) in [5.74, 6) is 1.42. The van der Waals surface area contributed by atoms with Gasteiger partial charge in [-0.2, -0.15) is 0 Å². The maximum atomic E-state index is 11.7. The number of benzene rings is 2. The average molecular weight is 918 g/mol. The fraction of sp³-hybridized carbons (Fsp3) is 0.500. The van der Waals surface area contributed by atoms with Crippen LogP contribution in [0.2, 0.25) is 0 Å². The molecule has 18 heteroatoms. The van der Waals surface area contributed by atoms with Crippen molar-refractivity contribution in [3.05, 3.63) is 82.4 Å². The van der Waals surface area contributed by atoms with Crippen LogP contribution in [-0.2, 0) is 56.9 Å². The van der Waals surface area contributed by atoms with Gasteiger partial charge in [0.1, 0.15) is 12.2 Å². The predicted molar refractivity (Wildman–Crippen MR) is 232 cm³/mol. The molecule has 1 aromatic heterocycles. The molecule has 11 rings (SSSR count). The molecule has 0 saturated carbocycles. The highest BCUT2D eigenvalue weighted by molar-refractivity contribution is 7.52. The second-order valence-electron chi connectivity index (χ2n) is 17.9. The van der Waals surface area contributed by atoms with Crippen LogP contribution in [-0.4, -0.2) is 114 Å². The largest absolute Gasteiger partial charge is 0.481 e. The summed E-state index contributed by atoms with van der Waals surface area (Å²) in [4.78, 5) is 63.7. The van der Waals surface area contributed by atoms with Crippen molar-refractivity contribution >= 4 is 42.8 Å². The zero-order valence-electron chi connectivity index (χ0n) is 36.7. The van der Waals surface area contributed by atoms with Crippen molar-refractivity contribution in [1.82, 2.24) is 14.8 Å². The first kappa shape index (κ1) is 44.2. The molecule has 2 saturated heterocycles. The van der Waals surface area contributed by atoms with E-state index >= 15 is 0 Å². The lowest BCUT2D eigenvalue weighted by molar-refractivity contribution is -0.153. The smallest absolute Gasteiger partial charge is 0.375 e. The summed E-state index contributed by atoms with van der Waals surface area (Å²) in [5, 5.41) is 1.90. The predicted octanol–water partition coefficient (Wildman–Crippen LogP) is 5.31. The van der Waals surface area contributed by atoms with E-state index in [1.165, 1.54) is 56.4 Å². The number of aromatic nitrogens is 1. The van der Waals surface area contributed by atoms with Crippen molar-refractivity contribution in [2.45, 2.75) is 101 Å². The SMILES string of the molecule is CC(=O)Oc1ccc2c3c1O[C@H]1[C@@H](OC(C)=O)C=C[C@H]4[C@@H](C2)N(C)CC[C@@]341.CC(=O)Oc1ccc2c3c1O[C@H]1[C@@H](OC(C)=O)C=C[C@H]4[C@@H](C2)N(C)CC[C@@]341.CP(=O)(O)Oc1nccs1. The maximum absolute atomic E-state index is 11.7. The molecule has 0 amide bonds. The van der Waals surface area contributed by atoms with Gasteiger partial charge in [-0.05, 0) is 88.3 Å². The minimum Gasteiger partial charge on any atom is -0.481 e. The highest BCUT2D eigenvalue weighted by atomic mass is 32.1. The van der Waals surface area contributed by atoms with Gasteiger partial charge in [0.05, 0.1) is 0 Å². The Labute approximate surface area is 375 Å². The van der Waals surface area contributed by atoms with Crippen LogP contribution in [0.3, 0.4) is 0 Å². The maximum Gasteiger partial charge on any atom is 0.375 e. The van der Waals surface area contributed by atoms with E-state index < -0.39 is 19.8 Å². The molecule has 3 aromatic rings. The molecular formula is C46H52N3O13PS. The van der Waals surface area contributed by atoms with Gasteiger partial charge in [0, 0.05) is 91.8 Å². The van der Waals surface area contributed by atoms with E-state index in [2.05, 4.69) is 57.7 Å². The second kappa shape index (κ2) is 16.4. The van der Waals surface area contributed by atoms with E-state index in [1.54, 1.807) is 5.38 Å². The van der Waals surface area contributed by atoms with E-state index in [-0.39, 0.29) is 63.9 Å². The van der Waals surface area contributed by atoms with Crippen LogP contribution >= 0.6 is 18.9 Å². The lowest BCUT2D eigenvalue weighted by Crippen LogP contribution is -2.65. The van der Waals surface area contributed by atoms with E-state index in [4.69, 9.17) is 33.3 Å². The monoisotopic (exact) mass is 917 g/mol. The van der Waals surface area contributed by atoms with Gasteiger partial charge < -0.3 is 47.6 Å². The summed E-state index contributed by atoms with van der Waals surface area (Å²) in [6.07, 6.45) is 12.1. The van der Waals surface area contributed by atoms with Gasteiger partial charge >= 0.3 is 31.5 Å². The van der Waals surface area contributed by atoms with Crippen molar-refractivity contribution in [3.63, 3.8) is 0 Å². The van der Waals surface area contributed by atoms with Crippen LogP contribution in [0.4, 0.5) is 0 Å². The number of ether oxygens (including phenoxy) is 6. The van der Waals surface area contributed by atoms with E-state index in [9.17, 15) is 23.7 Å². The first-order valence-electron chi connectivity index (χ1n) is 21.4. The topological polar surface area (TPSA) is 190 Å². The fourth-order valence-electron chi connectivity index (χ4n) is 11.9. The number of carbonyl (C=O) groups is 4. The van der Waals surface area contributed by atoms with Crippen LogP contribution in [0, 0.1) is 11.8 Å². The molecule has 340 valence electrons. The van der Waals surface area contributed by atoms with Crippen LogP contribution in [0.15, 0.2) is 60.1 Å². The van der Waals surface area contributed by atoms with Crippen LogP contribution in [0.25, 0.3) is 0 Å². The summed E-state index contributed by atoms with van der Waals surface area (Å²) in [6.45, 7) is 8.67. The number of carbonyl (C=O) groups excluding carboxylic acids is 4. The minimum atomic E-state index is -3.41. The molecule has 16 nitrogen and oxygen atoms in total. The zero-order chi connectivity index (χ0) is 45.5. The molecule has 64 heavy (non-hydrogen) atoms. The molecule has 11 atom stereocenters. The molecule has 2 spiro atoms. The molecule has 2 fully saturated rings. The zero-order valence-corrected chi connectivity index (χ0v) is 38.4. The third-order valence-corrected chi connectivity index (χ3v) is 15.3. The van der Waals surface area contributed by atoms with Crippen LogP contribution in [0.1, 0.15) is 62.8 Å². The van der Waals surface area contributed by atoms with E-state index in [0.717, 1.165) is 56.6 Å². The minimum absolute atomic E-state index is 0.230. The third-order valence-electron chi connectivity index (χ3n) is 14.0. The molecule has 1 unspecified atom stereocenters. The first-order chi connectivity index (χ1) is 30.4. The Kier molecular flexibility index (Phi) is 11.3. The fourth-order valence-corrected chi connectivity index (χ4v) is 13.2.